The molecule has 0 radical (unpaired) electrons. The van der Waals surface area contributed by atoms with Gasteiger partial charge in [0, 0.05) is 11.1 Å². The van der Waals surface area contributed by atoms with E-state index in [0.717, 1.165) is 5.56 Å². The number of rotatable bonds is 3. The quantitative estimate of drug-likeness (QED) is 0.742. The first kappa shape index (κ1) is 12.4. The fourth-order valence-electron chi connectivity index (χ4n) is 2.43. The van der Waals surface area contributed by atoms with Gasteiger partial charge in [-0.25, -0.2) is 0 Å². The lowest BCUT2D eigenvalue weighted by Crippen LogP contribution is -2.01. The van der Waals surface area contributed by atoms with Crippen LogP contribution in [0.4, 0.5) is 0 Å². The Bertz CT molecular complexity index is 699. The molecular weight excluding hydrogens is 252 g/mol. The average molecular weight is 268 g/mol. The maximum atomic E-state index is 10.5. The smallest absolute Gasteiger partial charge is 0.0844 e. The van der Waals surface area contributed by atoms with Crippen molar-refractivity contribution in [1.29, 1.82) is 0 Å². The highest BCUT2D eigenvalue weighted by atomic mass is 32.1. The van der Waals surface area contributed by atoms with Crippen LogP contribution in [0.5, 0.6) is 0 Å². The van der Waals surface area contributed by atoms with Gasteiger partial charge >= 0.3 is 0 Å². The molecule has 0 bridgehead atoms. The molecule has 3 aromatic rings. The topological polar surface area (TPSA) is 20.2 Å². The third kappa shape index (κ3) is 2.55. The van der Waals surface area contributed by atoms with Gasteiger partial charge in [-0.3, -0.25) is 0 Å². The molecule has 0 saturated carbocycles. The van der Waals surface area contributed by atoms with E-state index in [0.29, 0.717) is 6.42 Å². The van der Waals surface area contributed by atoms with Crippen molar-refractivity contribution in [1.82, 2.24) is 0 Å². The number of thiophene rings is 1. The fourth-order valence-corrected chi connectivity index (χ4v) is 3.44. The first-order chi connectivity index (χ1) is 9.24. The van der Waals surface area contributed by atoms with E-state index in [1.165, 1.54) is 21.2 Å². The number of aliphatic hydroxyl groups excluding tert-OH is 1. The van der Waals surface area contributed by atoms with Gasteiger partial charge in [-0.1, -0.05) is 48.0 Å². The minimum atomic E-state index is -0.432. The Kier molecular flexibility index (Phi) is 3.36. The number of aryl methyl sites for hydroxylation is 1. The summed E-state index contributed by atoms with van der Waals surface area (Å²) in [6, 6.07) is 16.6. The monoisotopic (exact) mass is 268 g/mol. The Labute approximate surface area is 117 Å². The molecule has 1 nitrogen and oxygen atoms in total. The number of hydrogen-bond acceptors (Lipinski definition) is 2. The largest absolute Gasteiger partial charge is 0.388 e. The molecule has 0 aliphatic rings. The van der Waals surface area contributed by atoms with Gasteiger partial charge in [0.25, 0.3) is 0 Å². The Hall–Kier alpha value is -1.64. The SMILES string of the molecule is Cc1cccc(CC(O)c2csc3ccccc23)c1. The van der Waals surface area contributed by atoms with Crippen LogP contribution < -0.4 is 0 Å². The van der Waals surface area contributed by atoms with Crippen LogP contribution in [0.2, 0.25) is 0 Å². The molecule has 0 saturated heterocycles. The second kappa shape index (κ2) is 5.16. The maximum absolute atomic E-state index is 10.5. The molecular formula is C17H16OS. The first-order valence-corrected chi connectivity index (χ1v) is 7.32. The number of hydrogen-bond donors (Lipinski definition) is 1. The molecule has 0 amide bonds. The number of benzene rings is 2. The van der Waals surface area contributed by atoms with Gasteiger partial charge < -0.3 is 5.11 Å². The van der Waals surface area contributed by atoms with Gasteiger partial charge in [-0.2, -0.15) is 0 Å². The molecule has 19 heavy (non-hydrogen) atoms. The summed E-state index contributed by atoms with van der Waals surface area (Å²) in [4.78, 5) is 0. The van der Waals surface area contributed by atoms with E-state index in [4.69, 9.17) is 0 Å². The average Bonchev–Trinajstić information content (AvgIpc) is 2.82. The summed E-state index contributed by atoms with van der Waals surface area (Å²) >= 11 is 1.70. The molecule has 3 rings (SSSR count). The molecule has 1 unspecified atom stereocenters. The zero-order chi connectivity index (χ0) is 13.2. The van der Waals surface area contributed by atoms with Crippen molar-refractivity contribution in [2.45, 2.75) is 19.4 Å². The van der Waals surface area contributed by atoms with Crippen molar-refractivity contribution < 1.29 is 5.11 Å². The zero-order valence-corrected chi connectivity index (χ0v) is 11.7. The molecule has 0 fully saturated rings. The summed E-state index contributed by atoms with van der Waals surface area (Å²) in [6.07, 6.45) is 0.237. The van der Waals surface area contributed by atoms with Crippen molar-refractivity contribution in [2.24, 2.45) is 0 Å². The molecule has 1 aromatic heterocycles. The van der Waals surface area contributed by atoms with E-state index >= 15 is 0 Å². The maximum Gasteiger partial charge on any atom is 0.0844 e. The molecule has 1 atom stereocenters. The second-order valence-electron chi connectivity index (χ2n) is 4.90. The molecule has 1 heterocycles. The number of fused-ring (bicyclic) bond motifs is 1. The summed E-state index contributed by atoms with van der Waals surface area (Å²) in [5, 5.41) is 13.7. The van der Waals surface area contributed by atoms with E-state index in [1.54, 1.807) is 11.3 Å². The van der Waals surface area contributed by atoms with Gasteiger partial charge in [0.15, 0.2) is 0 Å². The summed E-state index contributed by atoms with van der Waals surface area (Å²) in [5.74, 6) is 0. The highest BCUT2D eigenvalue weighted by molar-refractivity contribution is 7.17. The second-order valence-corrected chi connectivity index (χ2v) is 5.81. The van der Waals surface area contributed by atoms with Crippen molar-refractivity contribution in [2.75, 3.05) is 0 Å². The highest BCUT2D eigenvalue weighted by Crippen LogP contribution is 2.31. The van der Waals surface area contributed by atoms with E-state index in [-0.39, 0.29) is 0 Å². The van der Waals surface area contributed by atoms with Crippen LogP contribution in [-0.2, 0) is 6.42 Å². The van der Waals surface area contributed by atoms with Gasteiger partial charge in [0.2, 0.25) is 0 Å². The predicted octanol–water partition coefficient (Wildman–Crippen LogP) is 4.49. The summed E-state index contributed by atoms with van der Waals surface area (Å²) < 4.78 is 1.24. The van der Waals surface area contributed by atoms with E-state index < -0.39 is 6.10 Å². The van der Waals surface area contributed by atoms with Crippen LogP contribution in [0.3, 0.4) is 0 Å². The third-order valence-electron chi connectivity index (χ3n) is 3.38. The van der Waals surface area contributed by atoms with E-state index in [9.17, 15) is 5.11 Å². The lowest BCUT2D eigenvalue weighted by atomic mass is 10.00. The van der Waals surface area contributed by atoms with E-state index in [2.05, 4.69) is 42.6 Å². The normalized spacial score (nSPS) is 12.7. The van der Waals surface area contributed by atoms with Crippen molar-refractivity contribution >= 4 is 21.4 Å². The Morgan fingerprint density at radius 2 is 1.95 bits per heavy atom. The van der Waals surface area contributed by atoms with E-state index in [1.807, 2.05) is 18.2 Å². The third-order valence-corrected chi connectivity index (χ3v) is 4.36. The fraction of sp³-hybridized carbons (Fsp3) is 0.176. The molecule has 0 aliphatic carbocycles. The van der Waals surface area contributed by atoms with Crippen LogP contribution >= 0.6 is 11.3 Å². The van der Waals surface area contributed by atoms with Gasteiger partial charge in [-0.15, -0.1) is 11.3 Å². The first-order valence-electron chi connectivity index (χ1n) is 6.44. The summed E-state index contributed by atoms with van der Waals surface area (Å²) in [7, 11) is 0. The highest BCUT2D eigenvalue weighted by Gasteiger charge is 2.13. The Morgan fingerprint density at radius 1 is 1.11 bits per heavy atom. The van der Waals surface area contributed by atoms with Gasteiger partial charge in [-0.05, 0) is 34.9 Å². The van der Waals surface area contributed by atoms with Crippen LogP contribution in [-0.4, -0.2) is 5.11 Å². The minimum Gasteiger partial charge on any atom is -0.388 e. The Balaban J connectivity index is 1.90. The van der Waals surface area contributed by atoms with Crippen LogP contribution in [0.15, 0.2) is 53.9 Å². The van der Waals surface area contributed by atoms with Crippen LogP contribution in [0, 0.1) is 6.92 Å². The van der Waals surface area contributed by atoms with Crippen molar-refractivity contribution in [3.05, 3.63) is 70.6 Å². The molecule has 0 spiro atoms. The zero-order valence-electron chi connectivity index (χ0n) is 10.8. The van der Waals surface area contributed by atoms with Crippen LogP contribution in [0.1, 0.15) is 22.8 Å². The standard InChI is InChI=1S/C17H16OS/c1-12-5-4-6-13(9-12)10-16(18)15-11-19-17-8-3-2-7-14(15)17/h2-9,11,16,18H,10H2,1H3. The van der Waals surface area contributed by atoms with Gasteiger partial charge in [0.05, 0.1) is 6.10 Å². The lowest BCUT2D eigenvalue weighted by molar-refractivity contribution is 0.180. The molecule has 96 valence electrons. The lowest BCUT2D eigenvalue weighted by Gasteiger charge is -2.10. The van der Waals surface area contributed by atoms with Gasteiger partial charge in [0.1, 0.15) is 0 Å². The summed E-state index contributed by atoms with van der Waals surface area (Å²) in [6.45, 7) is 2.08. The molecule has 1 N–H and O–H groups in total. The Morgan fingerprint density at radius 3 is 2.79 bits per heavy atom. The van der Waals surface area contributed by atoms with Crippen molar-refractivity contribution in [3.8, 4) is 0 Å². The number of aliphatic hydroxyl groups is 1. The molecule has 0 aliphatic heterocycles. The minimum absolute atomic E-state index is 0.432. The molecule has 2 heteroatoms. The van der Waals surface area contributed by atoms with Crippen LogP contribution in [0.25, 0.3) is 10.1 Å². The molecule has 2 aromatic carbocycles. The predicted molar refractivity (Wildman–Crippen MR) is 81.7 cm³/mol. The summed E-state index contributed by atoms with van der Waals surface area (Å²) in [5.41, 5.74) is 3.46. The van der Waals surface area contributed by atoms with Crippen molar-refractivity contribution in [3.63, 3.8) is 0 Å².